The number of fused-ring (bicyclic) bond motifs is 2. The Labute approximate surface area is 221 Å². The number of amides is 2. The SMILES string of the molecule is CCNCCNC(=O)CN(CC(=O)N(C)N1Cc2ccccc2C1)c1cc2cnn(CC(F)F)c2cc1C. The number of rotatable bonds is 12. The minimum atomic E-state index is -2.52. The predicted octanol–water partition coefficient (Wildman–Crippen LogP) is 2.53. The second-order valence-electron chi connectivity index (χ2n) is 9.48. The van der Waals surface area contributed by atoms with Gasteiger partial charge in [-0.3, -0.25) is 19.3 Å². The zero-order valence-electron chi connectivity index (χ0n) is 22.1. The van der Waals surface area contributed by atoms with Crippen LogP contribution in [0.4, 0.5) is 14.5 Å². The molecule has 1 aromatic heterocycles. The summed E-state index contributed by atoms with van der Waals surface area (Å²) in [5, 5.41) is 14.4. The molecule has 3 aromatic rings. The van der Waals surface area contributed by atoms with Crippen LogP contribution in [-0.2, 0) is 29.2 Å². The van der Waals surface area contributed by atoms with E-state index in [1.807, 2.05) is 37.1 Å². The van der Waals surface area contributed by atoms with E-state index in [9.17, 15) is 18.4 Å². The van der Waals surface area contributed by atoms with Gasteiger partial charge >= 0.3 is 0 Å². The summed E-state index contributed by atoms with van der Waals surface area (Å²) in [6.45, 7) is 6.49. The zero-order valence-corrected chi connectivity index (χ0v) is 22.1. The number of nitrogens with one attached hydrogen (secondary N) is 2. The molecule has 38 heavy (non-hydrogen) atoms. The lowest BCUT2D eigenvalue weighted by Crippen LogP contribution is -2.48. The third-order valence-corrected chi connectivity index (χ3v) is 6.75. The maximum absolute atomic E-state index is 13.4. The molecule has 2 heterocycles. The summed E-state index contributed by atoms with van der Waals surface area (Å²) in [4.78, 5) is 28.0. The minimum absolute atomic E-state index is 0.0244. The number of hydrogen-bond donors (Lipinski definition) is 2. The summed E-state index contributed by atoms with van der Waals surface area (Å²) in [7, 11) is 1.74. The molecule has 0 bridgehead atoms. The Balaban J connectivity index is 1.54. The van der Waals surface area contributed by atoms with Crippen LogP contribution in [-0.4, -0.2) is 77.8 Å². The van der Waals surface area contributed by atoms with Crippen LogP contribution < -0.4 is 15.5 Å². The quantitative estimate of drug-likeness (QED) is 0.352. The fourth-order valence-electron chi connectivity index (χ4n) is 4.71. The van der Waals surface area contributed by atoms with Crippen molar-refractivity contribution in [2.75, 3.05) is 44.7 Å². The Morgan fingerprint density at radius 1 is 1.11 bits per heavy atom. The van der Waals surface area contributed by atoms with Crippen molar-refractivity contribution >= 4 is 28.4 Å². The highest BCUT2D eigenvalue weighted by Gasteiger charge is 2.27. The van der Waals surface area contributed by atoms with E-state index in [2.05, 4.69) is 27.9 Å². The molecule has 0 unspecified atom stereocenters. The van der Waals surface area contributed by atoms with Crippen LogP contribution in [0.15, 0.2) is 42.6 Å². The van der Waals surface area contributed by atoms with Crippen LogP contribution in [0, 0.1) is 6.92 Å². The monoisotopic (exact) mass is 527 g/mol. The van der Waals surface area contributed by atoms with Crippen molar-refractivity contribution in [1.82, 2.24) is 30.4 Å². The fourth-order valence-corrected chi connectivity index (χ4v) is 4.71. The van der Waals surface area contributed by atoms with E-state index in [1.165, 1.54) is 22.0 Å². The molecule has 1 aliphatic heterocycles. The molecule has 204 valence electrons. The van der Waals surface area contributed by atoms with Crippen LogP contribution in [0.25, 0.3) is 10.9 Å². The molecule has 0 radical (unpaired) electrons. The van der Waals surface area contributed by atoms with Crippen LogP contribution >= 0.6 is 0 Å². The molecule has 0 spiro atoms. The Bertz CT molecular complexity index is 1250. The van der Waals surface area contributed by atoms with Crippen molar-refractivity contribution in [2.24, 2.45) is 0 Å². The van der Waals surface area contributed by atoms with Crippen molar-refractivity contribution in [1.29, 1.82) is 0 Å². The van der Waals surface area contributed by atoms with Gasteiger partial charge in [0.15, 0.2) is 0 Å². The summed E-state index contributed by atoms with van der Waals surface area (Å²) in [5.41, 5.74) is 4.40. The first kappa shape index (κ1) is 27.5. The number of hydrazine groups is 1. The largest absolute Gasteiger partial charge is 0.353 e. The minimum Gasteiger partial charge on any atom is -0.353 e. The summed E-state index contributed by atoms with van der Waals surface area (Å²) >= 11 is 0. The number of alkyl halides is 2. The zero-order chi connectivity index (χ0) is 27.2. The molecule has 2 amide bonds. The molecule has 1 aliphatic rings. The van der Waals surface area contributed by atoms with E-state index < -0.39 is 13.0 Å². The molecule has 0 atom stereocenters. The van der Waals surface area contributed by atoms with E-state index in [4.69, 9.17) is 0 Å². The lowest BCUT2D eigenvalue weighted by molar-refractivity contribution is -0.145. The highest BCUT2D eigenvalue weighted by molar-refractivity contribution is 5.90. The number of aromatic nitrogens is 2. The molecule has 2 N–H and O–H groups in total. The first-order valence-electron chi connectivity index (χ1n) is 12.8. The molecule has 0 saturated carbocycles. The summed E-state index contributed by atoms with van der Waals surface area (Å²) in [6, 6.07) is 11.7. The molecule has 0 saturated heterocycles. The van der Waals surface area contributed by atoms with Gasteiger partial charge in [-0.05, 0) is 42.3 Å². The van der Waals surface area contributed by atoms with Gasteiger partial charge in [-0.25, -0.2) is 13.8 Å². The Kier molecular flexibility index (Phi) is 8.90. The van der Waals surface area contributed by atoms with E-state index in [-0.39, 0.29) is 24.9 Å². The van der Waals surface area contributed by atoms with Crippen molar-refractivity contribution in [3.8, 4) is 0 Å². The second kappa shape index (κ2) is 12.3. The van der Waals surface area contributed by atoms with Crippen molar-refractivity contribution in [2.45, 2.75) is 39.9 Å². The van der Waals surface area contributed by atoms with Gasteiger partial charge in [0.2, 0.25) is 5.91 Å². The third kappa shape index (κ3) is 6.46. The lowest BCUT2D eigenvalue weighted by atomic mass is 10.1. The number of nitrogens with zero attached hydrogens (tertiary/aromatic N) is 5. The molecule has 0 aliphatic carbocycles. The number of aryl methyl sites for hydroxylation is 1. The second-order valence-corrected chi connectivity index (χ2v) is 9.48. The van der Waals surface area contributed by atoms with Gasteiger partial charge in [-0.1, -0.05) is 31.2 Å². The number of anilines is 1. The van der Waals surface area contributed by atoms with Gasteiger partial charge in [0.1, 0.15) is 6.54 Å². The third-order valence-electron chi connectivity index (χ3n) is 6.75. The average Bonchev–Trinajstić information content (AvgIpc) is 3.49. The molecule has 2 aromatic carbocycles. The van der Waals surface area contributed by atoms with Crippen LogP contribution in [0.5, 0.6) is 0 Å². The average molecular weight is 528 g/mol. The molecular weight excluding hydrogens is 492 g/mol. The number of hydrogen-bond acceptors (Lipinski definition) is 6. The van der Waals surface area contributed by atoms with Crippen LogP contribution in [0.1, 0.15) is 23.6 Å². The van der Waals surface area contributed by atoms with Gasteiger partial charge in [-0.15, -0.1) is 0 Å². The van der Waals surface area contributed by atoms with Crippen LogP contribution in [0.2, 0.25) is 0 Å². The maximum atomic E-state index is 13.4. The smallest absolute Gasteiger partial charge is 0.257 e. The molecular formula is C27H35F2N7O2. The standard InChI is InChI=1S/C27H35F2N7O2/c1-4-30-9-10-31-26(37)17-34(18-27(38)33(3)35-14-20-7-5-6-8-21(20)15-35)23-12-22-13-32-36(16-25(28)29)24(22)11-19(23)2/h5-8,11-13,25,30H,4,9-10,14-18H2,1-3H3,(H,31,37). The molecule has 11 heteroatoms. The number of halogens is 2. The van der Waals surface area contributed by atoms with Crippen LogP contribution in [0.3, 0.4) is 0 Å². The van der Waals surface area contributed by atoms with Gasteiger partial charge in [0, 0.05) is 44.3 Å². The molecule has 4 rings (SSSR count). The van der Waals surface area contributed by atoms with Crippen molar-refractivity contribution in [3.05, 3.63) is 59.3 Å². The van der Waals surface area contributed by atoms with E-state index in [0.29, 0.717) is 42.8 Å². The number of likely N-dealkylation sites (N-methyl/N-ethyl adjacent to an activating group) is 2. The predicted molar refractivity (Wildman–Crippen MR) is 143 cm³/mol. The first-order chi connectivity index (χ1) is 18.3. The molecule has 9 nitrogen and oxygen atoms in total. The topological polar surface area (TPSA) is 85.7 Å². The van der Waals surface area contributed by atoms with Gasteiger partial charge in [0.25, 0.3) is 12.3 Å². The normalized spacial score (nSPS) is 13.2. The van der Waals surface area contributed by atoms with E-state index in [0.717, 1.165) is 12.1 Å². The summed E-state index contributed by atoms with van der Waals surface area (Å²) in [6.07, 6.45) is -0.990. The van der Waals surface area contributed by atoms with E-state index in [1.54, 1.807) is 23.0 Å². The number of carbonyl (C=O) groups excluding carboxylic acids is 2. The van der Waals surface area contributed by atoms with Gasteiger partial charge < -0.3 is 15.5 Å². The Morgan fingerprint density at radius 3 is 2.47 bits per heavy atom. The van der Waals surface area contributed by atoms with Crippen molar-refractivity contribution < 1.29 is 18.4 Å². The first-order valence-corrected chi connectivity index (χ1v) is 12.8. The van der Waals surface area contributed by atoms with Gasteiger partial charge in [0.05, 0.1) is 24.8 Å². The van der Waals surface area contributed by atoms with E-state index >= 15 is 0 Å². The lowest BCUT2D eigenvalue weighted by Gasteiger charge is -2.32. The summed E-state index contributed by atoms with van der Waals surface area (Å²) in [5.74, 6) is -0.369. The number of carbonyl (C=O) groups is 2. The van der Waals surface area contributed by atoms with Crippen molar-refractivity contribution in [3.63, 3.8) is 0 Å². The highest BCUT2D eigenvalue weighted by Crippen LogP contribution is 2.28. The molecule has 0 fully saturated rings. The summed E-state index contributed by atoms with van der Waals surface area (Å²) < 4.78 is 27.3. The maximum Gasteiger partial charge on any atom is 0.257 e. The number of benzene rings is 2. The Hall–Kier alpha value is -3.57. The highest BCUT2D eigenvalue weighted by atomic mass is 19.3. The Morgan fingerprint density at radius 2 is 1.82 bits per heavy atom. The van der Waals surface area contributed by atoms with Gasteiger partial charge in [-0.2, -0.15) is 5.10 Å². The fraction of sp³-hybridized carbons (Fsp3) is 0.444.